The summed E-state index contributed by atoms with van der Waals surface area (Å²) in [5.74, 6) is 1.13. The van der Waals surface area contributed by atoms with Gasteiger partial charge in [0.05, 0.1) is 20.8 Å². The molecule has 0 aromatic heterocycles. The number of piperidine rings is 1. The predicted molar refractivity (Wildman–Crippen MR) is 81.2 cm³/mol. The molecule has 5 heteroatoms. The number of carbonyl (C=O) groups excluding carboxylic acids is 1. The molecule has 0 aliphatic carbocycles. The van der Waals surface area contributed by atoms with Crippen LogP contribution in [0.5, 0.6) is 5.75 Å². The maximum Gasteiger partial charge on any atom is 0.319 e. The molecule has 0 radical (unpaired) electrons. The molecule has 1 heterocycles. The summed E-state index contributed by atoms with van der Waals surface area (Å²) in [7, 11) is 3.08. The number of likely N-dealkylation sites (tertiary alicyclic amines) is 1. The van der Waals surface area contributed by atoms with Crippen LogP contribution in [0.15, 0.2) is 24.3 Å². The molecule has 5 nitrogen and oxygen atoms in total. The lowest BCUT2D eigenvalue weighted by Crippen LogP contribution is -2.49. The summed E-state index contributed by atoms with van der Waals surface area (Å²) >= 11 is 0. The van der Waals surface area contributed by atoms with Gasteiger partial charge in [0.25, 0.3) is 0 Å². The van der Waals surface area contributed by atoms with E-state index < -0.39 is 0 Å². The zero-order chi connectivity index (χ0) is 15.2. The molecule has 1 aliphatic rings. The predicted octanol–water partition coefficient (Wildman–Crippen LogP) is 1.06. The zero-order valence-electron chi connectivity index (χ0n) is 12.7. The number of ether oxygens (including phenoxy) is 2. The van der Waals surface area contributed by atoms with Gasteiger partial charge in [-0.1, -0.05) is 12.1 Å². The fourth-order valence-electron chi connectivity index (χ4n) is 2.97. The second-order valence-electron chi connectivity index (χ2n) is 5.68. The lowest BCUT2D eigenvalue weighted by atomic mass is 9.89. The van der Waals surface area contributed by atoms with Crippen molar-refractivity contribution in [1.29, 1.82) is 0 Å². The van der Waals surface area contributed by atoms with Crippen molar-refractivity contribution in [3.8, 4) is 5.75 Å². The first-order valence-corrected chi connectivity index (χ1v) is 7.28. The third-order valence-corrected chi connectivity index (χ3v) is 3.91. The van der Waals surface area contributed by atoms with Crippen molar-refractivity contribution in [3.63, 3.8) is 0 Å². The molecule has 2 unspecified atom stereocenters. The number of nitrogens with two attached hydrogens (primary N) is 1. The van der Waals surface area contributed by atoms with E-state index in [1.807, 2.05) is 12.1 Å². The van der Waals surface area contributed by atoms with Crippen molar-refractivity contribution in [2.75, 3.05) is 33.9 Å². The van der Waals surface area contributed by atoms with Crippen molar-refractivity contribution in [1.82, 2.24) is 4.90 Å². The van der Waals surface area contributed by atoms with E-state index >= 15 is 0 Å². The van der Waals surface area contributed by atoms with E-state index in [-0.39, 0.29) is 12.0 Å². The smallest absolute Gasteiger partial charge is 0.319 e. The Morgan fingerprint density at radius 2 is 2.00 bits per heavy atom. The Labute approximate surface area is 126 Å². The molecule has 1 aliphatic heterocycles. The molecular weight excluding hydrogens is 268 g/mol. The van der Waals surface area contributed by atoms with E-state index in [9.17, 15) is 4.79 Å². The van der Waals surface area contributed by atoms with Crippen LogP contribution < -0.4 is 10.5 Å². The molecule has 0 saturated carbocycles. The van der Waals surface area contributed by atoms with Crippen LogP contribution in [0.4, 0.5) is 0 Å². The molecule has 116 valence electrons. The molecule has 0 spiro atoms. The Kier molecular flexibility index (Phi) is 5.59. The minimum atomic E-state index is -0.202. The van der Waals surface area contributed by atoms with E-state index in [1.54, 1.807) is 7.11 Å². The number of nitrogens with zero attached hydrogens (tertiary/aromatic N) is 1. The number of benzene rings is 1. The molecule has 1 aromatic carbocycles. The lowest BCUT2D eigenvalue weighted by molar-refractivity contribution is -0.142. The van der Waals surface area contributed by atoms with E-state index in [1.165, 1.54) is 12.7 Å². The Bertz CT molecular complexity index is 461. The van der Waals surface area contributed by atoms with Gasteiger partial charge in [0.15, 0.2) is 0 Å². The summed E-state index contributed by atoms with van der Waals surface area (Å²) in [4.78, 5) is 13.5. The van der Waals surface area contributed by atoms with Crippen molar-refractivity contribution < 1.29 is 14.3 Å². The van der Waals surface area contributed by atoms with Gasteiger partial charge in [0.1, 0.15) is 5.75 Å². The third-order valence-electron chi connectivity index (χ3n) is 3.91. The molecule has 1 aromatic rings. The van der Waals surface area contributed by atoms with Gasteiger partial charge < -0.3 is 15.2 Å². The van der Waals surface area contributed by atoms with E-state index in [0.717, 1.165) is 31.7 Å². The second kappa shape index (κ2) is 7.43. The van der Waals surface area contributed by atoms with Crippen LogP contribution in [0.25, 0.3) is 0 Å². The topological polar surface area (TPSA) is 64.8 Å². The Balaban J connectivity index is 1.93. The average molecular weight is 292 g/mol. The molecule has 2 N–H and O–H groups in total. The van der Waals surface area contributed by atoms with Crippen LogP contribution >= 0.6 is 0 Å². The molecule has 2 rings (SSSR count). The van der Waals surface area contributed by atoms with Crippen molar-refractivity contribution in [3.05, 3.63) is 29.8 Å². The summed E-state index contributed by atoms with van der Waals surface area (Å²) in [5, 5.41) is 0. The van der Waals surface area contributed by atoms with Crippen molar-refractivity contribution >= 4 is 5.97 Å². The fourth-order valence-corrected chi connectivity index (χ4v) is 2.97. The molecule has 21 heavy (non-hydrogen) atoms. The SMILES string of the molecule is COC(=O)CN1CC(N)CC(Cc2ccc(OC)cc2)C1. The molecule has 0 amide bonds. The summed E-state index contributed by atoms with van der Waals surface area (Å²) in [5.41, 5.74) is 7.39. The molecular formula is C16H24N2O3. The van der Waals surface area contributed by atoms with Gasteiger partial charge >= 0.3 is 5.97 Å². The van der Waals surface area contributed by atoms with Crippen LogP contribution in [0.1, 0.15) is 12.0 Å². The summed E-state index contributed by atoms with van der Waals surface area (Å²) < 4.78 is 9.90. The highest BCUT2D eigenvalue weighted by atomic mass is 16.5. The maximum absolute atomic E-state index is 11.4. The number of esters is 1. The van der Waals surface area contributed by atoms with Gasteiger partial charge in [-0.05, 0) is 36.5 Å². The Hall–Kier alpha value is -1.59. The van der Waals surface area contributed by atoms with Crippen molar-refractivity contribution in [2.24, 2.45) is 11.7 Å². The Morgan fingerprint density at radius 3 is 2.62 bits per heavy atom. The van der Waals surface area contributed by atoms with E-state index in [4.69, 9.17) is 15.2 Å². The second-order valence-corrected chi connectivity index (χ2v) is 5.68. The van der Waals surface area contributed by atoms with E-state index in [0.29, 0.717) is 12.5 Å². The van der Waals surface area contributed by atoms with Crippen molar-refractivity contribution in [2.45, 2.75) is 18.9 Å². The summed E-state index contributed by atoms with van der Waals surface area (Å²) in [6.45, 7) is 1.96. The first-order chi connectivity index (χ1) is 10.1. The molecule has 0 bridgehead atoms. The third kappa shape index (κ3) is 4.72. The van der Waals surface area contributed by atoms with Gasteiger partial charge in [-0.3, -0.25) is 9.69 Å². The van der Waals surface area contributed by atoms with Gasteiger partial charge in [-0.15, -0.1) is 0 Å². The minimum Gasteiger partial charge on any atom is -0.497 e. The average Bonchev–Trinajstić information content (AvgIpc) is 2.47. The monoisotopic (exact) mass is 292 g/mol. The minimum absolute atomic E-state index is 0.117. The maximum atomic E-state index is 11.4. The number of hydrogen-bond acceptors (Lipinski definition) is 5. The number of rotatable bonds is 5. The molecule has 1 saturated heterocycles. The number of carbonyl (C=O) groups is 1. The standard InChI is InChI=1S/C16H24N2O3/c1-20-15-5-3-12(4-6-15)7-13-8-14(17)10-18(9-13)11-16(19)21-2/h3-6,13-14H,7-11,17H2,1-2H3. The number of methoxy groups -OCH3 is 2. The first kappa shape index (κ1) is 15.8. The van der Waals surface area contributed by atoms with Crippen LogP contribution in [0.2, 0.25) is 0 Å². The zero-order valence-corrected chi connectivity index (χ0v) is 12.7. The van der Waals surface area contributed by atoms with Crippen LogP contribution in [-0.2, 0) is 16.0 Å². The molecule has 1 fully saturated rings. The van der Waals surface area contributed by atoms with Gasteiger partial charge in [-0.25, -0.2) is 0 Å². The number of hydrogen-bond donors (Lipinski definition) is 1. The largest absolute Gasteiger partial charge is 0.497 e. The highest BCUT2D eigenvalue weighted by Gasteiger charge is 2.26. The van der Waals surface area contributed by atoms with Gasteiger partial charge in [0, 0.05) is 19.1 Å². The first-order valence-electron chi connectivity index (χ1n) is 7.28. The normalized spacial score (nSPS) is 22.8. The van der Waals surface area contributed by atoms with Gasteiger partial charge in [0.2, 0.25) is 0 Å². The van der Waals surface area contributed by atoms with Crippen LogP contribution in [0.3, 0.4) is 0 Å². The van der Waals surface area contributed by atoms with Gasteiger partial charge in [-0.2, -0.15) is 0 Å². The fraction of sp³-hybridized carbons (Fsp3) is 0.562. The molecule has 2 atom stereocenters. The summed E-state index contributed by atoms with van der Waals surface area (Å²) in [6, 6.07) is 8.24. The highest BCUT2D eigenvalue weighted by molar-refractivity contribution is 5.71. The lowest BCUT2D eigenvalue weighted by Gasteiger charge is -2.35. The Morgan fingerprint density at radius 1 is 1.29 bits per heavy atom. The van der Waals surface area contributed by atoms with Crippen LogP contribution in [-0.4, -0.2) is 50.8 Å². The van der Waals surface area contributed by atoms with Crippen LogP contribution in [0, 0.1) is 5.92 Å². The highest BCUT2D eigenvalue weighted by Crippen LogP contribution is 2.21. The quantitative estimate of drug-likeness (QED) is 0.822. The van der Waals surface area contributed by atoms with E-state index in [2.05, 4.69) is 17.0 Å². The summed E-state index contributed by atoms with van der Waals surface area (Å²) in [6.07, 6.45) is 1.96.